The fraction of sp³-hybridized carbons (Fsp3) is 0.0312. The highest BCUT2D eigenvalue weighted by molar-refractivity contribution is 6.34. The molecule has 0 saturated heterocycles. The van der Waals surface area contributed by atoms with E-state index in [4.69, 9.17) is 16.3 Å². The lowest BCUT2D eigenvalue weighted by Gasteiger charge is -2.22. The highest BCUT2D eigenvalue weighted by Gasteiger charge is 2.27. The lowest BCUT2D eigenvalue weighted by molar-refractivity contribution is 0.0984. The molecule has 0 radical (unpaired) electrons. The van der Waals surface area contributed by atoms with E-state index >= 15 is 0 Å². The van der Waals surface area contributed by atoms with Crippen LogP contribution in [-0.2, 0) is 6.54 Å². The predicted octanol–water partition coefficient (Wildman–Crippen LogP) is 7.61. The first-order valence-electron chi connectivity index (χ1n) is 12.4. The molecule has 5 aromatic rings. The summed E-state index contributed by atoms with van der Waals surface area (Å²) in [6.45, 7) is 0.283. The van der Waals surface area contributed by atoms with Gasteiger partial charge >= 0.3 is 0 Å². The summed E-state index contributed by atoms with van der Waals surface area (Å²) >= 11 is 6.59. The number of anilines is 2. The molecule has 0 spiro atoms. The summed E-state index contributed by atoms with van der Waals surface area (Å²) in [6, 6.07) is 33.0. The number of rotatable bonds is 4. The molecule has 2 amide bonds. The van der Waals surface area contributed by atoms with Crippen molar-refractivity contribution in [2.45, 2.75) is 6.54 Å². The van der Waals surface area contributed by atoms with E-state index in [0.717, 1.165) is 16.7 Å². The van der Waals surface area contributed by atoms with Crippen molar-refractivity contribution in [2.75, 3.05) is 10.2 Å². The Hall–Kier alpha value is -4.94. The van der Waals surface area contributed by atoms with Crippen LogP contribution in [0.1, 0.15) is 26.3 Å². The summed E-state index contributed by atoms with van der Waals surface area (Å²) < 4.78 is 6.01. The van der Waals surface area contributed by atoms with E-state index in [1.807, 2.05) is 78.9 Å². The Labute approximate surface area is 230 Å². The van der Waals surface area contributed by atoms with Crippen LogP contribution in [0.25, 0.3) is 11.1 Å². The summed E-state index contributed by atoms with van der Waals surface area (Å²) in [5.74, 6) is 0.456. The Bertz CT molecular complexity index is 1700. The molecule has 6 rings (SSSR count). The van der Waals surface area contributed by atoms with Crippen LogP contribution >= 0.6 is 11.6 Å². The third-order valence-electron chi connectivity index (χ3n) is 6.51. The summed E-state index contributed by atoms with van der Waals surface area (Å²) in [5.41, 5.74) is 4.48. The van der Waals surface area contributed by atoms with Crippen LogP contribution in [0.4, 0.5) is 11.4 Å². The zero-order valence-corrected chi connectivity index (χ0v) is 21.4. The summed E-state index contributed by atoms with van der Waals surface area (Å²) in [7, 11) is 0. The number of para-hydroxylation sites is 2. The summed E-state index contributed by atoms with van der Waals surface area (Å²) in [4.78, 5) is 33.0. The van der Waals surface area contributed by atoms with Crippen LogP contribution in [-0.4, -0.2) is 16.8 Å². The molecule has 0 fully saturated rings. The summed E-state index contributed by atoms with van der Waals surface area (Å²) in [6.07, 6.45) is 1.66. The van der Waals surface area contributed by atoms with Gasteiger partial charge in [0.15, 0.2) is 5.75 Å². The van der Waals surface area contributed by atoms with Crippen LogP contribution in [0.15, 0.2) is 115 Å². The topological polar surface area (TPSA) is 71.5 Å². The van der Waals surface area contributed by atoms with E-state index in [0.29, 0.717) is 34.1 Å². The van der Waals surface area contributed by atoms with Gasteiger partial charge in [-0.05, 0) is 53.6 Å². The van der Waals surface area contributed by atoms with Crippen molar-refractivity contribution >= 4 is 34.8 Å². The smallest absolute Gasteiger partial charge is 0.258 e. The number of halogens is 1. The van der Waals surface area contributed by atoms with E-state index in [1.54, 1.807) is 41.4 Å². The molecule has 0 aliphatic carbocycles. The van der Waals surface area contributed by atoms with Gasteiger partial charge in [-0.1, -0.05) is 78.3 Å². The predicted molar refractivity (Wildman–Crippen MR) is 153 cm³/mol. The molecule has 0 saturated carbocycles. The van der Waals surface area contributed by atoms with Crippen LogP contribution in [0.5, 0.6) is 11.6 Å². The van der Waals surface area contributed by atoms with Gasteiger partial charge < -0.3 is 15.0 Å². The van der Waals surface area contributed by atoms with Crippen LogP contribution in [0, 0.1) is 0 Å². The van der Waals surface area contributed by atoms with Crippen LogP contribution in [0.2, 0.25) is 5.02 Å². The highest BCUT2D eigenvalue weighted by Crippen LogP contribution is 2.38. The first-order chi connectivity index (χ1) is 19.1. The van der Waals surface area contributed by atoms with Gasteiger partial charge in [0.1, 0.15) is 0 Å². The van der Waals surface area contributed by atoms with Crippen molar-refractivity contribution in [1.29, 1.82) is 0 Å². The second-order valence-electron chi connectivity index (χ2n) is 8.99. The standard InChI is InChI=1S/C32H22ClN3O3/c33-26-19-22(32(38)36-20-23-11-8-18-34-31(23)39-29-15-7-6-14-28(29)36)16-17-27(26)35-30(37)25-13-5-4-12-24(25)21-9-2-1-3-10-21/h1-19H,20H2,(H,35,37). The van der Waals surface area contributed by atoms with Gasteiger partial charge in [-0.25, -0.2) is 4.98 Å². The number of aromatic nitrogens is 1. The minimum Gasteiger partial charge on any atom is -0.436 e. The number of carbonyl (C=O) groups is 2. The number of ether oxygens (including phenoxy) is 1. The largest absolute Gasteiger partial charge is 0.436 e. The maximum absolute atomic E-state index is 13.7. The molecule has 1 aliphatic rings. The van der Waals surface area contributed by atoms with Gasteiger partial charge in [-0.2, -0.15) is 0 Å². The maximum atomic E-state index is 13.7. The minimum absolute atomic E-state index is 0.253. The van der Waals surface area contributed by atoms with E-state index in [-0.39, 0.29) is 23.4 Å². The number of hydrogen-bond donors (Lipinski definition) is 1. The van der Waals surface area contributed by atoms with E-state index < -0.39 is 0 Å². The van der Waals surface area contributed by atoms with E-state index in [2.05, 4.69) is 10.3 Å². The number of fused-ring (bicyclic) bond motifs is 2. The molecule has 0 bridgehead atoms. The molecule has 190 valence electrons. The van der Waals surface area contributed by atoms with Crippen molar-refractivity contribution in [3.05, 3.63) is 137 Å². The third-order valence-corrected chi connectivity index (χ3v) is 6.82. The number of nitrogens with one attached hydrogen (secondary N) is 1. The van der Waals surface area contributed by atoms with Gasteiger partial charge in [-0.15, -0.1) is 0 Å². The van der Waals surface area contributed by atoms with Crippen molar-refractivity contribution in [3.63, 3.8) is 0 Å². The molecule has 1 N–H and O–H groups in total. The van der Waals surface area contributed by atoms with Crippen molar-refractivity contribution in [2.24, 2.45) is 0 Å². The van der Waals surface area contributed by atoms with Gasteiger partial charge in [0, 0.05) is 22.9 Å². The second-order valence-corrected chi connectivity index (χ2v) is 9.40. The fourth-order valence-corrected chi connectivity index (χ4v) is 4.82. The molecule has 0 unspecified atom stereocenters. The zero-order valence-electron chi connectivity index (χ0n) is 20.7. The van der Waals surface area contributed by atoms with Crippen LogP contribution in [0.3, 0.4) is 0 Å². The van der Waals surface area contributed by atoms with Gasteiger partial charge in [0.05, 0.1) is 22.9 Å². The quantitative estimate of drug-likeness (QED) is 0.259. The molecule has 6 nitrogen and oxygen atoms in total. The van der Waals surface area contributed by atoms with Gasteiger partial charge in [-0.3, -0.25) is 9.59 Å². The lowest BCUT2D eigenvalue weighted by atomic mass is 9.99. The highest BCUT2D eigenvalue weighted by atomic mass is 35.5. The van der Waals surface area contributed by atoms with E-state index in [1.165, 1.54) is 0 Å². The lowest BCUT2D eigenvalue weighted by Crippen LogP contribution is -2.30. The monoisotopic (exact) mass is 531 g/mol. The number of amides is 2. The SMILES string of the molecule is O=C(Nc1ccc(C(=O)N2Cc3cccnc3Oc3ccccc32)cc1Cl)c1ccccc1-c1ccccc1. The number of pyridine rings is 1. The molecule has 2 heterocycles. The molecule has 0 atom stereocenters. The Morgan fingerprint density at radius 1 is 0.846 bits per heavy atom. The molecule has 39 heavy (non-hydrogen) atoms. The Kier molecular flexibility index (Phi) is 6.53. The molecule has 1 aliphatic heterocycles. The number of hydrogen-bond acceptors (Lipinski definition) is 4. The van der Waals surface area contributed by atoms with Crippen molar-refractivity contribution in [3.8, 4) is 22.8 Å². The number of benzene rings is 4. The molecule has 7 heteroatoms. The minimum atomic E-state index is -0.293. The Morgan fingerprint density at radius 3 is 2.46 bits per heavy atom. The van der Waals surface area contributed by atoms with E-state index in [9.17, 15) is 9.59 Å². The molecular weight excluding hydrogens is 510 g/mol. The zero-order chi connectivity index (χ0) is 26.8. The van der Waals surface area contributed by atoms with Gasteiger partial charge in [0.2, 0.25) is 5.88 Å². The average Bonchev–Trinajstić information content (AvgIpc) is 3.15. The summed E-state index contributed by atoms with van der Waals surface area (Å²) in [5, 5.41) is 3.15. The first-order valence-corrected chi connectivity index (χ1v) is 12.7. The number of carbonyl (C=O) groups excluding carboxylic acids is 2. The van der Waals surface area contributed by atoms with Crippen molar-refractivity contribution in [1.82, 2.24) is 4.98 Å². The Balaban J connectivity index is 1.28. The molecular formula is C32H22ClN3O3. The average molecular weight is 532 g/mol. The molecule has 1 aromatic heterocycles. The fourth-order valence-electron chi connectivity index (χ4n) is 4.59. The maximum Gasteiger partial charge on any atom is 0.258 e. The van der Waals surface area contributed by atoms with Crippen LogP contribution < -0.4 is 15.0 Å². The number of nitrogens with zero attached hydrogens (tertiary/aromatic N) is 2. The third kappa shape index (κ3) is 4.85. The van der Waals surface area contributed by atoms with Gasteiger partial charge in [0.25, 0.3) is 11.8 Å². The molecule has 4 aromatic carbocycles. The second kappa shape index (κ2) is 10.4. The Morgan fingerprint density at radius 2 is 1.62 bits per heavy atom. The normalized spacial score (nSPS) is 12.0. The van der Waals surface area contributed by atoms with Crippen molar-refractivity contribution < 1.29 is 14.3 Å². The first kappa shape index (κ1) is 24.4.